The number of nitrogens with two attached hydrogens (primary N) is 1. The second kappa shape index (κ2) is 5.22. The summed E-state index contributed by atoms with van der Waals surface area (Å²) in [7, 11) is 1.76. The highest BCUT2D eigenvalue weighted by Gasteiger charge is 2.38. The van der Waals surface area contributed by atoms with E-state index in [-0.39, 0.29) is 5.41 Å². The molecule has 2 nitrogen and oxygen atoms in total. The maximum atomic E-state index is 6.11. The summed E-state index contributed by atoms with van der Waals surface area (Å²) in [6.07, 6.45) is 4.91. The van der Waals surface area contributed by atoms with Gasteiger partial charge in [0.2, 0.25) is 0 Å². The van der Waals surface area contributed by atoms with Crippen LogP contribution in [0.15, 0.2) is 10.5 Å². The molecule has 0 spiro atoms. The van der Waals surface area contributed by atoms with E-state index in [1.165, 1.54) is 42.4 Å². The predicted octanol–water partition coefficient (Wildman–Crippen LogP) is 3.85. The molecule has 1 aliphatic carbocycles. The van der Waals surface area contributed by atoms with Gasteiger partial charge in [-0.2, -0.15) is 0 Å². The summed E-state index contributed by atoms with van der Waals surface area (Å²) in [5.41, 5.74) is 10.0. The molecule has 0 bridgehead atoms. The van der Waals surface area contributed by atoms with Crippen molar-refractivity contribution in [1.29, 1.82) is 0 Å². The molecule has 0 atom stereocenters. The van der Waals surface area contributed by atoms with Crippen molar-refractivity contribution >= 4 is 15.9 Å². The van der Waals surface area contributed by atoms with Crippen LogP contribution in [-0.2, 0) is 5.41 Å². The molecule has 0 aliphatic heterocycles. The lowest BCUT2D eigenvalue weighted by Crippen LogP contribution is -2.33. The van der Waals surface area contributed by atoms with Gasteiger partial charge in [0, 0.05) is 27.6 Å². The number of benzene rings is 1. The maximum Gasteiger partial charge on any atom is 0.126 e. The van der Waals surface area contributed by atoms with Gasteiger partial charge in [-0.15, -0.1) is 0 Å². The zero-order valence-corrected chi connectivity index (χ0v) is 13.1. The molecule has 0 aromatic heterocycles. The molecule has 1 fully saturated rings. The van der Waals surface area contributed by atoms with Crippen molar-refractivity contribution in [2.24, 2.45) is 5.73 Å². The molecule has 18 heavy (non-hydrogen) atoms. The van der Waals surface area contributed by atoms with Crippen molar-refractivity contribution in [3.05, 3.63) is 27.2 Å². The zero-order chi connectivity index (χ0) is 13.3. The highest BCUT2D eigenvalue weighted by Crippen LogP contribution is 2.47. The second-order valence-electron chi connectivity index (χ2n) is 5.40. The number of halogens is 1. The largest absolute Gasteiger partial charge is 0.496 e. The third-order valence-corrected chi connectivity index (χ3v) is 5.17. The minimum absolute atomic E-state index is 0.126. The van der Waals surface area contributed by atoms with Crippen LogP contribution in [0.5, 0.6) is 5.75 Å². The Morgan fingerprint density at radius 3 is 2.44 bits per heavy atom. The highest BCUT2D eigenvalue weighted by molar-refractivity contribution is 9.10. The summed E-state index contributed by atoms with van der Waals surface area (Å²) in [6, 6.07) is 2.20. The van der Waals surface area contributed by atoms with E-state index >= 15 is 0 Å². The van der Waals surface area contributed by atoms with Gasteiger partial charge in [0.25, 0.3) is 0 Å². The van der Waals surface area contributed by atoms with Gasteiger partial charge in [0.1, 0.15) is 5.75 Å². The summed E-state index contributed by atoms with van der Waals surface area (Å²) in [5, 5.41) is 0. The minimum atomic E-state index is 0.126. The standard InChI is InChI=1S/C15H22BrNO/c1-10-8-12(16)11(2)14(18-3)13(10)15(9-17)6-4-5-7-15/h8H,4-7,9,17H2,1-3H3. The van der Waals surface area contributed by atoms with Gasteiger partial charge < -0.3 is 10.5 Å². The average molecular weight is 312 g/mol. The molecule has 0 saturated heterocycles. The van der Waals surface area contributed by atoms with Crippen LogP contribution in [0.25, 0.3) is 0 Å². The topological polar surface area (TPSA) is 35.2 Å². The number of hydrogen-bond donors (Lipinski definition) is 1. The molecule has 0 heterocycles. The predicted molar refractivity (Wildman–Crippen MR) is 79.4 cm³/mol. The molecular weight excluding hydrogens is 290 g/mol. The molecule has 1 aromatic rings. The van der Waals surface area contributed by atoms with E-state index in [4.69, 9.17) is 10.5 Å². The fourth-order valence-corrected chi connectivity index (χ4v) is 3.89. The third-order valence-electron chi connectivity index (χ3n) is 4.35. The van der Waals surface area contributed by atoms with Crippen molar-refractivity contribution in [3.8, 4) is 5.75 Å². The van der Waals surface area contributed by atoms with Gasteiger partial charge >= 0.3 is 0 Å². The minimum Gasteiger partial charge on any atom is -0.496 e. The summed E-state index contributed by atoms with van der Waals surface area (Å²) in [5.74, 6) is 1.02. The third kappa shape index (κ3) is 2.08. The van der Waals surface area contributed by atoms with Crippen LogP contribution in [0.3, 0.4) is 0 Å². The van der Waals surface area contributed by atoms with Crippen LogP contribution in [0, 0.1) is 13.8 Å². The Bertz CT molecular complexity index is 450. The number of methoxy groups -OCH3 is 1. The fourth-order valence-electron chi connectivity index (χ4n) is 3.37. The Kier molecular flexibility index (Phi) is 4.02. The molecule has 100 valence electrons. The second-order valence-corrected chi connectivity index (χ2v) is 6.25. The Labute approximate surface area is 118 Å². The van der Waals surface area contributed by atoms with Crippen LogP contribution in [0.4, 0.5) is 0 Å². The van der Waals surface area contributed by atoms with Gasteiger partial charge in [-0.3, -0.25) is 0 Å². The van der Waals surface area contributed by atoms with Crippen molar-refractivity contribution in [1.82, 2.24) is 0 Å². The van der Waals surface area contributed by atoms with Crippen LogP contribution < -0.4 is 10.5 Å². The van der Waals surface area contributed by atoms with Crippen LogP contribution in [0.2, 0.25) is 0 Å². The first-order valence-electron chi connectivity index (χ1n) is 6.60. The first kappa shape index (κ1) is 13.9. The van der Waals surface area contributed by atoms with E-state index < -0.39 is 0 Å². The quantitative estimate of drug-likeness (QED) is 0.920. The Balaban J connectivity index is 2.65. The number of ether oxygens (including phenoxy) is 1. The Morgan fingerprint density at radius 2 is 1.94 bits per heavy atom. The van der Waals surface area contributed by atoms with Crippen molar-refractivity contribution < 1.29 is 4.74 Å². The monoisotopic (exact) mass is 311 g/mol. The first-order chi connectivity index (χ1) is 8.55. The Morgan fingerprint density at radius 1 is 1.33 bits per heavy atom. The fraction of sp³-hybridized carbons (Fsp3) is 0.600. The molecule has 1 aromatic carbocycles. The molecule has 0 radical (unpaired) electrons. The number of aryl methyl sites for hydroxylation is 1. The molecule has 2 rings (SSSR count). The van der Waals surface area contributed by atoms with E-state index in [1.807, 2.05) is 0 Å². The summed E-state index contributed by atoms with van der Waals surface area (Å²) < 4.78 is 6.81. The van der Waals surface area contributed by atoms with Crippen LogP contribution in [-0.4, -0.2) is 13.7 Å². The average Bonchev–Trinajstić information content (AvgIpc) is 2.83. The van der Waals surface area contributed by atoms with E-state index in [2.05, 4.69) is 35.8 Å². The van der Waals surface area contributed by atoms with E-state index in [0.717, 1.165) is 10.2 Å². The summed E-state index contributed by atoms with van der Waals surface area (Å²) in [6.45, 7) is 4.98. The van der Waals surface area contributed by atoms with Crippen LogP contribution >= 0.6 is 15.9 Å². The highest BCUT2D eigenvalue weighted by atomic mass is 79.9. The maximum absolute atomic E-state index is 6.11. The number of hydrogen-bond acceptors (Lipinski definition) is 2. The van der Waals surface area contributed by atoms with Crippen molar-refractivity contribution in [2.75, 3.05) is 13.7 Å². The molecule has 0 unspecified atom stereocenters. The lowest BCUT2D eigenvalue weighted by molar-refractivity contribution is 0.373. The van der Waals surface area contributed by atoms with E-state index in [9.17, 15) is 0 Å². The molecule has 3 heteroatoms. The molecule has 0 amide bonds. The molecule has 1 saturated carbocycles. The van der Waals surface area contributed by atoms with Gasteiger partial charge in [-0.1, -0.05) is 28.8 Å². The van der Waals surface area contributed by atoms with E-state index in [0.29, 0.717) is 6.54 Å². The summed E-state index contributed by atoms with van der Waals surface area (Å²) >= 11 is 3.61. The van der Waals surface area contributed by atoms with Gasteiger partial charge in [-0.25, -0.2) is 0 Å². The Hall–Kier alpha value is -0.540. The van der Waals surface area contributed by atoms with Gasteiger partial charge in [0.05, 0.1) is 7.11 Å². The first-order valence-corrected chi connectivity index (χ1v) is 7.39. The molecular formula is C15H22BrNO. The van der Waals surface area contributed by atoms with Gasteiger partial charge in [0.15, 0.2) is 0 Å². The molecule has 2 N–H and O–H groups in total. The van der Waals surface area contributed by atoms with Crippen LogP contribution in [0.1, 0.15) is 42.4 Å². The SMILES string of the molecule is COc1c(C)c(Br)cc(C)c1C1(CN)CCCC1. The molecule has 1 aliphatic rings. The van der Waals surface area contributed by atoms with E-state index in [1.54, 1.807) is 7.11 Å². The lowest BCUT2D eigenvalue weighted by atomic mass is 9.75. The van der Waals surface area contributed by atoms with Crippen molar-refractivity contribution in [3.63, 3.8) is 0 Å². The number of rotatable bonds is 3. The van der Waals surface area contributed by atoms with Crippen molar-refractivity contribution in [2.45, 2.75) is 44.9 Å². The lowest BCUT2D eigenvalue weighted by Gasteiger charge is -2.32. The normalized spacial score (nSPS) is 18.1. The smallest absolute Gasteiger partial charge is 0.126 e. The zero-order valence-electron chi connectivity index (χ0n) is 11.5. The summed E-state index contributed by atoms with van der Waals surface area (Å²) in [4.78, 5) is 0. The van der Waals surface area contributed by atoms with Gasteiger partial charge in [-0.05, 0) is 38.3 Å².